The average Bonchev–Trinajstić information content (AvgIpc) is 3.32. The van der Waals surface area contributed by atoms with E-state index in [1.807, 2.05) is 49.4 Å². The van der Waals surface area contributed by atoms with Crippen LogP contribution in [-0.4, -0.2) is 41.0 Å². The summed E-state index contributed by atoms with van der Waals surface area (Å²) in [6.07, 6.45) is 1.98. The minimum Gasteiger partial charge on any atom is -0.456 e. The molecule has 6 heteroatoms. The molecule has 2 aliphatic rings. The Morgan fingerprint density at radius 1 is 1.14 bits per heavy atom. The summed E-state index contributed by atoms with van der Waals surface area (Å²) in [5.41, 5.74) is 2.69. The van der Waals surface area contributed by atoms with E-state index in [2.05, 4.69) is 0 Å². The number of hydrogen-bond acceptors (Lipinski definition) is 5. The molecule has 0 aliphatic carbocycles. The first kappa shape index (κ1) is 19.7. The van der Waals surface area contributed by atoms with Crippen molar-refractivity contribution in [3.05, 3.63) is 71.3 Å². The number of hydrogen-bond donors (Lipinski definition) is 0. The smallest absolute Gasteiger partial charge is 0.330 e. The maximum atomic E-state index is 12.8. The van der Waals surface area contributed by atoms with Crippen molar-refractivity contribution < 1.29 is 19.1 Å². The zero-order chi connectivity index (χ0) is 20.4. The molecule has 0 bridgehead atoms. The van der Waals surface area contributed by atoms with E-state index in [9.17, 15) is 14.4 Å². The second-order valence-corrected chi connectivity index (χ2v) is 8.62. The summed E-state index contributed by atoms with van der Waals surface area (Å²) in [5, 5.41) is 0. The zero-order valence-electron chi connectivity index (χ0n) is 16.3. The van der Waals surface area contributed by atoms with Crippen molar-refractivity contribution in [1.29, 1.82) is 0 Å². The first-order valence-corrected chi connectivity index (χ1v) is 10.8. The van der Waals surface area contributed by atoms with Crippen molar-refractivity contribution in [2.45, 2.75) is 37.1 Å². The van der Waals surface area contributed by atoms with Gasteiger partial charge in [0.15, 0.2) is 12.4 Å². The highest BCUT2D eigenvalue weighted by atomic mass is 32.2. The molecule has 150 valence electrons. The molecule has 2 heterocycles. The van der Waals surface area contributed by atoms with Gasteiger partial charge in [-0.3, -0.25) is 9.59 Å². The van der Waals surface area contributed by atoms with Gasteiger partial charge >= 0.3 is 5.97 Å². The zero-order valence-corrected chi connectivity index (χ0v) is 17.1. The largest absolute Gasteiger partial charge is 0.456 e. The van der Waals surface area contributed by atoms with Gasteiger partial charge in [0, 0.05) is 17.7 Å². The number of esters is 1. The fourth-order valence-corrected chi connectivity index (χ4v) is 5.69. The van der Waals surface area contributed by atoms with Crippen LogP contribution in [0.3, 0.4) is 0 Å². The van der Waals surface area contributed by atoms with E-state index in [1.165, 1.54) is 0 Å². The Morgan fingerprint density at radius 3 is 2.55 bits per heavy atom. The minimum atomic E-state index is -0.662. The molecule has 2 aliphatic heterocycles. The SMILES string of the molecule is CCc1ccc(C(=O)COC(=O)[C@@H]2CS[C@@]3(c4ccccc4)CCC(=O)N23)cc1. The van der Waals surface area contributed by atoms with Gasteiger partial charge in [-0.05, 0) is 24.0 Å². The predicted molar refractivity (Wildman–Crippen MR) is 112 cm³/mol. The molecule has 2 saturated heterocycles. The number of nitrogens with zero attached hydrogens (tertiary/aromatic N) is 1. The van der Waals surface area contributed by atoms with Gasteiger partial charge in [0.1, 0.15) is 10.9 Å². The van der Waals surface area contributed by atoms with Gasteiger partial charge in [-0.2, -0.15) is 0 Å². The third-order valence-corrected chi connectivity index (χ3v) is 7.25. The van der Waals surface area contributed by atoms with E-state index in [1.54, 1.807) is 28.8 Å². The van der Waals surface area contributed by atoms with E-state index in [4.69, 9.17) is 4.74 Å². The van der Waals surface area contributed by atoms with Crippen LogP contribution < -0.4 is 0 Å². The third kappa shape index (κ3) is 3.57. The summed E-state index contributed by atoms with van der Waals surface area (Å²) in [7, 11) is 0. The maximum absolute atomic E-state index is 12.8. The lowest BCUT2D eigenvalue weighted by atomic mass is 10.0. The van der Waals surface area contributed by atoms with Crippen molar-refractivity contribution in [1.82, 2.24) is 4.90 Å². The number of aryl methyl sites for hydroxylation is 1. The molecule has 0 unspecified atom stereocenters. The summed E-state index contributed by atoms with van der Waals surface area (Å²) in [5.74, 6) is -0.320. The fraction of sp³-hybridized carbons (Fsp3) is 0.348. The van der Waals surface area contributed by atoms with Gasteiger partial charge < -0.3 is 9.64 Å². The Morgan fingerprint density at radius 2 is 1.86 bits per heavy atom. The van der Waals surface area contributed by atoms with Crippen molar-refractivity contribution in [2.24, 2.45) is 0 Å². The summed E-state index contributed by atoms with van der Waals surface area (Å²) < 4.78 is 5.34. The molecule has 2 fully saturated rings. The van der Waals surface area contributed by atoms with Crippen LogP contribution >= 0.6 is 11.8 Å². The Hall–Kier alpha value is -2.60. The number of amides is 1. The lowest BCUT2D eigenvalue weighted by Crippen LogP contribution is -2.47. The molecular formula is C23H23NO4S. The van der Waals surface area contributed by atoms with Gasteiger partial charge in [0.2, 0.25) is 5.91 Å². The van der Waals surface area contributed by atoms with E-state index in [-0.39, 0.29) is 18.3 Å². The molecule has 5 nitrogen and oxygen atoms in total. The van der Waals surface area contributed by atoms with Crippen LogP contribution in [-0.2, 0) is 25.6 Å². The number of fused-ring (bicyclic) bond motifs is 1. The fourth-order valence-electron chi connectivity index (χ4n) is 4.06. The van der Waals surface area contributed by atoms with Crippen molar-refractivity contribution >= 4 is 29.4 Å². The van der Waals surface area contributed by atoms with Crippen LogP contribution in [0.4, 0.5) is 0 Å². The monoisotopic (exact) mass is 409 g/mol. The number of Topliss-reactive ketones (excluding diaryl/α,β-unsaturated/α-hetero) is 1. The highest BCUT2D eigenvalue weighted by Gasteiger charge is 2.57. The summed E-state index contributed by atoms with van der Waals surface area (Å²) in [4.78, 5) is 38.9. The van der Waals surface area contributed by atoms with Gasteiger partial charge in [0.25, 0.3) is 0 Å². The Labute approximate surface area is 174 Å². The number of ketones is 1. The Bertz CT molecular complexity index is 928. The van der Waals surface area contributed by atoms with E-state index in [0.29, 0.717) is 24.2 Å². The number of ether oxygens (including phenoxy) is 1. The number of thioether (sulfide) groups is 1. The van der Waals surface area contributed by atoms with Crippen LogP contribution in [0, 0.1) is 0 Å². The first-order chi connectivity index (χ1) is 14.0. The number of carbonyl (C=O) groups is 3. The van der Waals surface area contributed by atoms with Crippen LogP contribution in [0.5, 0.6) is 0 Å². The van der Waals surface area contributed by atoms with Crippen molar-refractivity contribution in [3.63, 3.8) is 0 Å². The van der Waals surface area contributed by atoms with E-state index < -0.39 is 16.9 Å². The molecule has 4 rings (SSSR count). The van der Waals surface area contributed by atoms with Gasteiger partial charge in [0.05, 0.1) is 0 Å². The quantitative estimate of drug-likeness (QED) is 0.539. The Kier molecular flexibility index (Phi) is 5.46. The van der Waals surface area contributed by atoms with Crippen LogP contribution in [0.1, 0.15) is 41.3 Å². The molecule has 0 aromatic heterocycles. The molecule has 29 heavy (non-hydrogen) atoms. The van der Waals surface area contributed by atoms with E-state index >= 15 is 0 Å². The highest BCUT2D eigenvalue weighted by molar-refractivity contribution is 8.00. The molecule has 0 spiro atoms. The minimum absolute atomic E-state index is 0.0396. The molecule has 0 radical (unpaired) electrons. The molecular weight excluding hydrogens is 386 g/mol. The normalized spacial score (nSPS) is 23.1. The topological polar surface area (TPSA) is 63.7 Å². The summed E-state index contributed by atoms with van der Waals surface area (Å²) >= 11 is 1.61. The molecule has 0 saturated carbocycles. The van der Waals surface area contributed by atoms with Crippen LogP contribution in [0.2, 0.25) is 0 Å². The highest BCUT2D eigenvalue weighted by Crippen LogP contribution is 2.54. The molecule has 2 atom stereocenters. The molecule has 1 amide bonds. The van der Waals surface area contributed by atoms with Crippen molar-refractivity contribution in [2.75, 3.05) is 12.4 Å². The first-order valence-electron chi connectivity index (χ1n) is 9.85. The maximum Gasteiger partial charge on any atom is 0.330 e. The third-order valence-electron chi connectivity index (χ3n) is 5.65. The lowest BCUT2D eigenvalue weighted by Gasteiger charge is -2.33. The molecule has 0 N–H and O–H groups in total. The summed E-state index contributed by atoms with van der Waals surface area (Å²) in [6, 6.07) is 16.5. The van der Waals surface area contributed by atoms with Crippen LogP contribution in [0.15, 0.2) is 54.6 Å². The van der Waals surface area contributed by atoms with E-state index in [0.717, 1.165) is 17.5 Å². The Balaban J connectivity index is 1.45. The van der Waals surface area contributed by atoms with Crippen molar-refractivity contribution in [3.8, 4) is 0 Å². The number of carbonyl (C=O) groups excluding carboxylic acids is 3. The number of benzene rings is 2. The molecule has 2 aromatic rings. The predicted octanol–water partition coefficient (Wildman–Crippen LogP) is 3.57. The van der Waals surface area contributed by atoms with Gasteiger partial charge in [-0.15, -0.1) is 11.8 Å². The van der Waals surface area contributed by atoms with Gasteiger partial charge in [-0.25, -0.2) is 4.79 Å². The standard InChI is InChI=1S/C23H23NO4S/c1-2-16-8-10-17(11-9-16)20(25)14-28-22(27)19-15-29-23(13-12-21(26)24(19)23)18-6-4-3-5-7-18/h3-11,19H,2,12-15H2,1H3/t19-,23+/m0/s1. The molecule has 2 aromatic carbocycles. The average molecular weight is 410 g/mol. The number of rotatable bonds is 6. The second kappa shape index (κ2) is 8.03. The van der Waals surface area contributed by atoms with Gasteiger partial charge in [-0.1, -0.05) is 61.5 Å². The van der Waals surface area contributed by atoms with Crippen LogP contribution in [0.25, 0.3) is 0 Å². The summed E-state index contributed by atoms with van der Waals surface area (Å²) in [6.45, 7) is 1.74. The lowest BCUT2D eigenvalue weighted by molar-refractivity contribution is -0.152. The second-order valence-electron chi connectivity index (χ2n) is 7.32.